The number of thioether (sulfide) groups is 1. The third-order valence-electron chi connectivity index (χ3n) is 2.95. The Morgan fingerprint density at radius 2 is 1.96 bits per heavy atom. The minimum Gasteiger partial charge on any atom is -0.326 e. The van der Waals surface area contributed by atoms with Gasteiger partial charge >= 0.3 is 0 Å². The SMILES string of the molecule is CC(N)c1ccc(C=O)cc1.CC1=C(SO)CC(C)S1.CNO. The standard InChI is InChI=1S/C9H11NO.C6H10OS2.CH5NO/c1-7(10)9-4-2-8(6-11)3-5-9;1-4-3-6(9-7)5(2)8-4;1-2-3/h2-7H,10H2,1H3;4,7H,3H2,1-2H3;2-3H,1H3. The van der Waals surface area contributed by atoms with Gasteiger partial charge in [0.25, 0.3) is 0 Å². The molecule has 1 aliphatic rings. The molecule has 0 saturated carbocycles. The van der Waals surface area contributed by atoms with E-state index in [1.807, 2.05) is 30.8 Å². The number of aldehydes is 1. The van der Waals surface area contributed by atoms with E-state index in [1.54, 1.807) is 17.6 Å². The van der Waals surface area contributed by atoms with Crippen LogP contribution in [0.3, 0.4) is 0 Å². The number of nitrogens with two attached hydrogens (primary N) is 1. The zero-order valence-corrected chi connectivity index (χ0v) is 15.6. The number of hydrogen-bond donors (Lipinski definition) is 4. The highest BCUT2D eigenvalue weighted by molar-refractivity contribution is 8.06. The quantitative estimate of drug-likeness (QED) is 0.367. The van der Waals surface area contributed by atoms with Crippen LogP contribution in [0.25, 0.3) is 0 Å². The van der Waals surface area contributed by atoms with Crippen LogP contribution in [-0.4, -0.2) is 28.3 Å². The van der Waals surface area contributed by atoms with Crippen LogP contribution in [0.2, 0.25) is 0 Å². The molecule has 0 bridgehead atoms. The molecule has 0 saturated heterocycles. The first-order valence-corrected chi connectivity index (χ1v) is 8.84. The summed E-state index contributed by atoms with van der Waals surface area (Å²) < 4.78 is 8.70. The van der Waals surface area contributed by atoms with E-state index < -0.39 is 0 Å². The first-order valence-electron chi connectivity index (χ1n) is 7.18. The van der Waals surface area contributed by atoms with E-state index in [-0.39, 0.29) is 6.04 Å². The summed E-state index contributed by atoms with van der Waals surface area (Å²) in [5, 5.41) is 7.99. The fraction of sp³-hybridized carbons (Fsp3) is 0.438. The minimum absolute atomic E-state index is 0.0377. The van der Waals surface area contributed by atoms with Gasteiger partial charge in [0.1, 0.15) is 6.29 Å². The Kier molecular flexibility index (Phi) is 12.1. The normalized spacial score (nSPS) is 17.6. The maximum atomic E-state index is 10.3. The molecule has 1 aliphatic heterocycles. The van der Waals surface area contributed by atoms with Gasteiger partial charge < -0.3 is 15.5 Å². The van der Waals surface area contributed by atoms with Gasteiger partial charge in [0, 0.05) is 40.9 Å². The Hall–Kier alpha value is -0.830. The van der Waals surface area contributed by atoms with Crippen LogP contribution in [0.1, 0.15) is 49.2 Å². The second-order valence-electron chi connectivity index (χ2n) is 5.00. The van der Waals surface area contributed by atoms with Gasteiger partial charge in [-0.1, -0.05) is 31.2 Å². The zero-order valence-electron chi connectivity index (χ0n) is 13.9. The first-order chi connectivity index (χ1) is 10.9. The zero-order chi connectivity index (χ0) is 17.8. The van der Waals surface area contributed by atoms with Crippen molar-refractivity contribution < 1.29 is 14.6 Å². The molecule has 130 valence electrons. The van der Waals surface area contributed by atoms with Crippen molar-refractivity contribution >= 4 is 30.1 Å². The summed E-state index contributed by atoms with van der Waals surface area (Å²) in [5.74, 6) is 0. The van der Waals surface area contributed by atoms with Gasteiger partial charge in [0.05, 0.1) is 0 Å². The van der Waals surface area contributed by atoms with Crippen LogP contribution in [0.5, 0.6) is 0 Å². The molecule has 0 aromatic heterocycles. The van der Waals surface area contributed by atoms with Crippen molar-refractivity contribution in [3.05, 3.63) is 45.2 Å². The van der Waals surface area contributed by atoms with E-state index in [2.05, 4.69) is 13.8 Å². The van der Waals surface area contributed by atoms with Gasteiger partial charge in [0.15, 0.2) is 0 Å². The third kappa shape index (κ3) is 9.14. The Labute approximate surface area is 146 Å². The average Bonchev–Trinajstić information content (AvgIpc) is 2.86. The highest BCUT2D eigenvalue weighted by Crippen LogP contribution is 2.41. The lowest BCUT2D eigenvalue weighted by Gasteiger charge is -2.03. The number of allylic oxidation sites excluding steroid dienone is 2. The highest BCUT2D eigenvalue weighted by atomic mass is 32.2. The van der Waals surface area contributed by atoms with Gasteiger partial charge in [-0.05, 0) is 30.7 Å². The van der Waals surface area contributed by atoms with Crippen LogP contribution in [0.4, 0.5) is 0 Å². The van der Waals surface area contributed by atoms with E-state index in [0.717, 1.165) is 35.2 Å². The molecule has 7 heteroatoms. The summed E-state index contributed by atoms with van der Waals surface area (Å²) in [6.07, 6.45) is 1.86. The molecule has 5 nitrogen and oxygen atoms in total. The van der Waals surface area contributed by atoms with Crippen LogP contribution in [0, 0.1) is 0 Å². The molecule has 0 fully saturated rings. The molecule has 1 aromatic rings. The van der Waals surface area contributed by atoms with Crippen molar-refractivity contribution in [1.82, 2.24) is 5.48 Å². The molecule has 1 heterocycles. The average molecular weight is 359 g/mol. The van der Waals surface area contributed by atoms with Gasteiger partial charge in [-0.25, -0.2) is 5.48 Å². The molecular formula is C16H26N2O3S2. The predicted octanol–water partition coefficient (Wildman–Crippen LogP) is 4.06. The minimum atomic E-state index is 0.0377. The van der Waals surface area contributed by atoms with Crippen LogP contribution >= 0.6 is 23.8 Å². The Bertz CT molecular complexity index is 491. The molecule has 2 atom stereocenters. The summed E-state index contributed by atoms with van der Waals surface area (Å²) in [4.78, 5) is 12.7. The predicted molar refractivity (Wildman–Crippen MR) is 99.9 cm³/mol. The van der Waals surface area contributed by atoms with Crippen molar-refractivity contribution in [3.63, 3.8) is 0 Å². The number of carbonyl (C=O) groups excluding carboxylic acids is 1. The van der Waals surface area contributed by atoms with E-state index in [4.69, 9.17) is 15.5 Å². The first kappa shape index (κ1) is 22.2. The molecule has 2 rings (SSSR count). The third-order valence-corrected chi connectivity index (χ3v) is 4.94. The lowest BCUT2D eigenvalue weighted by molar-refractivity contribution is 0.112. The molecule has 0 radical (unpaired) electrons. The fourth-order valence-corrected chi connectivity index (χ4v) is 3.68. The van der Waals surface area contributed by atoms with Gasteiger partial charge in [-0.15, -0.1) is 11.8 Å². The molecule has 2 unspecified atom stereocenters. The molecule has 23 heavy (non-hydrogen) atoms. The summed E-state index contributed by atoms with van der Waals surface area (Å²) in [6, 6.07) is 7.32. The highest BCUT2D eigenvalue weighted by Gasteiger charge is 2.18. The van der Waals surface area contributed by atoms with Crippen molar-refractivity contribution in [2.45, 2.75) is 38.5 Å². The second kappa shape index (κ2) is 12.6. The number of hydroxylamine groups is 1. The number of hydrogen-bond acceptors (Lipinski definition) is 7. The Balaban J connectivity index is 0.000000365. The molecule has 0 aliphatic carbocycles. The summed E-state index contributed by atoms with van der Waals surface area (Å²) in [6.45, 7) is 6.15. The van der Waals surface area contributed by atoms with E-state index >= 15 is 0 Å². The van der Waals surface area contributed by atoms with Crippen molar-refractivity contribution in [2.24, 2.45) is 5.73 Å². The van der Waals surface area contributed by atoms with E-state index in [9.17, 15) is 4.79 Å². The van der Waals surface area contributed by atoms with E-state index in [1.165, 1.54) is 12.0 Å². The van der Waals surface area contributed by atoms with Gasteiger partial charge in [0.2, 0.25) is 0 Å². The number of rotatable bonds is 3. The Morgan fingerprint density at radius 1 is 1.43 bits per heavy atom. The molecule has 0 amide bonds. The van der Waals surface area contributed by atoms with Crippen molar-refractivity contribution in [2.75, 3.05) is 7.05 Å². The monoisotopic (exact) mass is 358 g/mol. The number of benzene rings is 1. The maximum absolute atomic E-state index is 10.3. The smallest absolute Gasteiger partial charge is 0.150 e. The lowest BCUT2D eigenvalue weighted by Crippen LogP contribution is -2.04. The van der Waals surface area contributed by atoms with Gasteiger partial charge in [-0.2, -0.15) is 0 Å². The largest absolute Gasteiger partial charge is 0.326 e. The van der Waals surface area contributed by atoms with Gasteiger partial charge in [-0.3, -0.25) is 4.79 Å². The molecule has 1 aromatic carbocycles. The van der Waals surface area contributed by atoms with Crippen LogP contribution < -0.4 is 11.2 Å². The fourth-order valence-electron chi connectivity index (χ4n) is 1.79. The van der Waals surface area contributed by atoms with Crippen LogP contribution in [-0.2, 0) is 0 Å². The van der Waals surface area contributed by atoms with Crippen LogP contribution in [0.15, 0.2) is 34.1 Å². The maximum Gasteiger partial charge on any atom is 0.150 e. The van der Waals surface area contributed by atoms with Crippen molar-refractivity contribution in [3.8, 4) is 0 Å². The summed E-state index contributed by atoms with van der Waals surface area (Å²) in [7, 11) is 1.43. The Morgan fingerprint density at radius 3 is 2.22 bits per heavy atom. The summed E-state index contributed by atoms with van der Waals surface area (Å²) in [5.41, 5.74) is 9.11. The number of nitrogens with one attached hydrogen (secondary N) is 1. The molecule has 0 spiro atoms. The van der Waals surface area contributed by atoms with E-state index in [0.29, 0.717) is 10.8 Å². The van der Waals surface area contributed by atoms with Crippen molar-refractivity contribution in [1.29, 1.82) is 0 Å². The molecular weight excluding hydrogens is 332 g/mol. The lowest BCUT2D eigenvalue weighted by atomic mass is 10.1. The second-order valence-corrected chi connectivity index (χ2v) is 7.33. The number of carbonyl (C=O) groups is 1. The summed E-state index contributed by atoms with van der Waals surface area (Å²) >= 11 is 2.75. The molecule has 5 N–H and O–H groups in total. The topological polar surface area (TPSA) is 95.6 Å².